The second-order valence-corrected chi connectivity index (χ2v) is 13.5. The van der Waals surface area contributed by atoms with Crippen LogP contribution in [0.25, 0.3) is 10.8 Å². The predicted molar refractivity (Wildman–Crippen MR) is 97.0 cm³/mol. The first kappa shape index (κ1) is 16.2. The Bertz CT molecular complexity index is 661. The number of fused-ring (bicyclic) bond motifs is 1. The summed E-state index contributed by atoms with van der Waals surface area (Å²) >= 11 is 3.63. The summed E-state index contributed by atoms with van der Waals surface area (Å²) < 4.78 is 0. The van der Waals surface area contributed by atoms with E-state index in [2.05, 4.69) is 53.9 Å². The van der Waals surface area contributed by atoms with Gasteiger partial charge in [-0.05, 0) is 29.3 Å². The molecular weight excluding hydrogens is 342 g/mol. The lowest BCUT2D eigenvalue weighted by Gasteiger charge is -2.18. The number of hydrogen-bond acceptors (Lipinski definition) is 1. The molecule has 2 rings (SSSR count). The lowest BCUT2D eigenvalue weighted by molar-refractivity contribution is 0.0961. The third-order valence-corrected chi connectivity index (χ3v) is 5.14. The van der Waals surface area contributed by atoms with Crippen molar-refractivity contribution >= 4 is 40.7 Å². The van der Waals surface area contributed by atoms with Gasteiger partial charge in [0, 0.05) is 16.6 Å². The zero-order valence-electron chi connectivity index (χ0n) is 13.0. The van der Waals surface area contributed by atoms with E-state index in [4.69, 9.17) is 0 Å². The summed E-state index contributed by atoms with van der Waals surface area (Å²) in [5, 5.41) is 5.25. The lowest BCUT2D eigenvalue weighted by atomic mass is 9.98. The van der Waals surface area contributed by atoms with Crippen molar-refractivity contribution in [1.82, 2.24) is 5.32 Å². The second-order valence-electron chi connectivity index (χ2n) is 6.61. The molecule has 1 amide bonds. The van der Waals surface area contributed by atoms with Gasteiger partial charge < -0.3 is 5.32 Å². The van der Waals surface area contributed by atoms with Crippen LogP contribution >= 0.6 is 15.9 Å². The lowest BCUT2D eigenvalue weighted by Crippen LogP contribution is -2.39. The highest BCUT2D eigenvalue weighted by Crippen LogP contribution is 2.31. The summed E-state index contributed by atoms with van der Waals surface area (Å²) in [7, 11) is -1.29. The minimum atomic E-state index is -1.29. The maximum atomic E-state index is 12.5. The standard InChI is InChI=1S/C17H22BrNOSi/c1-12(18)13-9-10-16(15-8-6-5-7-14(13)15)17(20)19-11-21(2,3)4/h5-10,12H,11H2,1-4H3,(H,19,20). The number of alkyl halides is 1. The van der Waals surface area contributed by atoms with Crippen molar-refractivity contribution in [3.63, 3.8) is 0 Å². The van der Waals surface area contributed by atoms with Crippen molar-refractivity contribution < 1.29 is 4.79 Å². The first-order chi connectivity index (χ1) is 9.79. The van der Waals surface area contributed by atoms with E-state index in [9.17, 15) is 4.79 Å². The van der Waals surface area contributed by atoms with E-state index in [1.807, 2.05) is 30.3 Å². The highest BCUT2D eigenvalue weighted by molar-refractivity contribution is 9.09. The molecule has 0 radical (unpaired) electrons. The van der Waals surface area contributed by atoms with Crippen LogP contribution in [-0.2, 0) is 0 Å². The molecule has 112 valence electrons. The fourth-order valence-electron chi connectivity index (χ4n) is 2.31. The predicted octanol–water partition coefficient (Wildman–Crippen LogP) is 4.90. The molecular formula is C17H22BrNOSi. The van der Waals surface area contributed by atoms with E-state index < -0.39 is 8.07 Å². The largest absolute Gasteiger partial charge is 0.355 e. The Hall–Kier alpha value is -1.13. The van der Waals surface area contributed by atoms with Crippen molar-refractivity contribution in [2.45, 2.75) is 31.4 Å². The molecule has 0 aliphatic carbocycles. The molecule has 0 aliphatic rings. The van der Waals surface area contributed by atoms with Gasteiger partial charge >= 0.3 is 0 Å². The highest BCUT2D eigenvalue weighted by atomic mass is 79.9. The van der Waals surface area contributed by atoms with Crippen LogP contribution in [-0.4, -0.2) is 20.1 Å². The molecule has 1 unspecified atom stereocenters. The summed E-state index contributed by atoms with van der Waals surface area (Å²) in [5.74, 6) is 0.0300. The van der Waals surface area contributed by atoms with Crippen LogP contribution in [0, 0.1) is 0 Å². The van der Waals surface area contributed by atoms with Gasteiger partial charge in [0.15, 0.2) is 0 Å². The minimum Gasteiger partial charge on any atom is -0.355 e. The Morgan fingerprint density at radius 3 is 2.33 bits per heavy atom. The van der Waals surface area contributed by atoms with E-state index in [0.717, 1.165) is 22.5 Å². The van der Waals surface area contributed by atoms with Crippen LogP contribution in [0.15, 0.2) is 36.4 Å². The monoisotopic (exact) mass is 363 g/mol. The average Bonchev–Trinajstić information content (AvgIpc) is 2.42. The van der Waals surface area contributed by atoms with Crippen LogP contribution in [0.5, 0.6) is 0 Å². The van der Waals surface area contributed by atoms with Gasteiger partial charge in [0.1, 0.15) is 0 Å². The van der Waals surface area contributed by atoms with Gasteiger partial charge in [-0.25, -0.2) is 0 Å². The first-order valence-electron chi connectivity index (χ1n) is 7.23. The molecule has 2 nitrogen and oxygen atoms in total. The van der Waals surface area contributed by atoms with E-state index in [1.54, 1.807) is 0 Å². The number of halogens is 1. The van der Waals surface area contributed by atoms with Gasteiger partial charge in [-0.15, -0.1) is 0 Å². The normalized spacial score (nSPS) is 13.2. The maximum absolute atomic E-state index is 12.5. The van der Waals surface area contributed by atoms with Crippen LogP contribution in [0.3, 0.4) is 0 Å². The van der Waals surface area contributed by atoms with Crippen molar-refractivity contribution in [2.75, 3.05) is 6.17 Å². The van der Waals surface area contributed by atoms with Crippen molar-refractivity contribution in [3.8, 4) is 0 Å². The molecule has 4 heteroatoms. The maximum Gasteiger partial charge on any atom is 0.251 e. The molecule has 0 bridgehead atoms. The summed E-state index contributed by atoms with van der Waals surface area (Å²) in [6.07, 6.45) is 0.802. The molecule has 0 fully saturated rings. The summed E-state index contributed by atoms with van der Waals surface area (Å²) in [6, 6.07) is 12.1. The van der Waals surface area contributed by atoms with E-state index in [1.165, 1.54) is 5.56 Å². The number of rotatable bonds is 4. The molecule has 2 aromatic rings. The average molecular weight is 364 g/mol. The molecule has 0 aromatic heterocycles. The molecule has 0 heterocycles. The fourth-order valence-corrected chi connectivity index (χ4v) is 3.40. The quantitative estimate of drug-likeness (QED) is 0.607. The molecule has 1 N–H and O–H groups in total. The fraction of sp³-hybridized carbons (Fsp3) is 0.353. The number of benzene rings is 2. The second kappa shape index (κ2) is 6.32. The topological polar surface area (TPSA) is 29.1 Å². The van der Waals surface area contributed by atoms with E-state index in [0.29, 0.717) is 0 Å². The van der Waals surface area contributed by atoms with Gasteiger partial charge in [-0.1, -0.05) is 65.9 Å². The molecule has 0 spiro atoms. The van der Waals surface area contributed by atoms with E-state index in [-0.39, 0.29) is 10.7 Å². The van der Waals surface area contributed by atoms with Crippen molar-refractivity contribution in [3.05, 3.63) is 47.5 Å². The minimum absolute atomic E-state index is 0.0300. The number of amides is 1. The van der Waals surface area contributed by atoms with Crippen molar-refractivity contribution in [2.24, 2.45) is 0 Å². The SMILES string of the molecule is CC(Br)c1ccc(C(=O)NC[Si](C)(C)C)c2ccccc12. The number of carbonyl (C=O) groups excluding carboxylic acids is 1. The smallest absolute Gasteiger partial charge is 0.251 e. The van der Waals surface area contributed by atoms with Gasteiger partial charge in [-0.2, -0.15) is 0 Å². The van der Waals surface area contributed by atoms with Gasteiger partial charge in [0.05, 0.1) is 8.07 Å². The highest BCUT2D eigenvalue weighted by Gasteiger charge is 2.17. The molecule has 0 saturated carbocycles. The Labute approximate surface area is 136 Å². The molecule has 1 atom stereocenters. The Balaban J connectivity index is 2.42. The molecule has 0 saturated heterocycles. The first-order valence-corrected chi connectivity index (χ1v) is 11.9. The number of nitrogens with one attached hydrogen (secondary N) is 1. The van der Waals surface area contributed by atoms with Gasteiger partial charge in [0.2, 0.25) is 0 Å². The van der Waals surface area contributed by atoms with Crippen LogP contribution in [0.2, 0.25) is 19.6 Å². The molecule has 0 aliphatic heterocycles. The number of hydrogen-bond donors (Lipinski definition) is 1. The van der Waals surface area contributed by atoms with Crippen LogP contribution in [0.1, 0.15) is 27.7 Å². The Kier molecular flexibility index (Phi) is 4.89. The van der Waals surface area contributed by atoms with Crippen LogP contribution < -0.4 is 5.32 Å². The zero-order valence-corrected chi connectivity index (χ0v) is 15.6. The molecule has 21 heavy (non-hydrogen) atoms. The van der Waals surface area contributed by atoms with Crippen molar-refractivity contribution in [1.29, 1.82) is 0 Å². The third-order valence-electron chi connectivity index (χ3n) is 3.41. The number of carbonyl (C=O) groups is 1. The molecule has 2 aromatic carbocycles. The van der Waals surface area contributed by atoms with Crippen LogP contribution in [0.4, 0.5) is 0 Å². The third kappa shape index (κ3) is 3.95. The van der Waals surface area contributed by atoms with E-state index >= 15 is 0 Å². The zero-order chi connectivity index (χ0) is 15.6. The Morgan fingerprint density at radius 1 is 1.14 bits per heavy atom. The Morgan fingerprint density at radius 2 is 1.76 bits per heavy atom. The summed E-state index contributed by atoms with van der Waals surface area (Å²) in [6.45, 7) is 8.86. The summed E-state index contributed by atoms with van der Waals surface area (Å²) in [5.41, 5.74) is 1.98. The summed E-state index contributed by atoms with van der Waals surface area (Å²) in [4.78, 5) is 12.8. The van der Waals surface area contributed by atoms with Gasteiger partial charge in [0.25, 0.3) is 5.91 Å². The van der Waals surface area contributed by atoms with Gasteiger partial charge in [-0.3, -0.25) is 4.79 Å².